The lowest BCUT2D eigenvalue weighted by atomic mass is 10.1. The summed E-state index contributed by atoms with van der Waals surface area (Å²) in [6.07, 6.45) is 14.1. The summed E-state index contributed by atoms with van der Waals surface area (Å²) in [4.78, 5) is 11.9. The van der Waals surface area contributed by atoms with Gasteiger partial charge in [-0.05, 0) is 45.9 Å². The molecule has 0 heterocycles. The molecule has 0 spiro atoms. The first-order valence-corrected chi connectivity index (χ1v) is 6.74. The minimum Gasteiger partial charge on any atom is -0.352 e. The molecule has 0 aliphatic heterocycles. The highest BCUT2D eigenvalue weighted by Gasteiger charge is 2.08. The van der Waals surface area contributed by atoms with Crippen LogP contribution in [0.2, 0.25) is 0 Å². The number of allylic oxidation sites excluding steroid dienone is 6. The molecule has 0 saturated carbocycles. The second kappa shape index (κ2) is 7.74. The Hall–Kier alpha value is -1.61. The highest BCUT2D eigenvalue weighted by Crippen LogP contribution is 2.02. The minimum absolute atomic E-state index is 0.0213. The van der Waals surface area contributed by atoms with E-state index < -0.39 is 0 Å². The molecule has 1 amide bonds. The molecule has 104 valence electrons. The van der Waals surface area contributed by atoms with Crippen LogP contribution in [0.25, 0.3) is 0 Å². The number of hydrogen-bond acceptors (Lipinski definition) is 2. The van der Waals surface area contributed by atoms with Crippen molar-refractivity contribution in [3.8, 4) is 0 Å². The quantitative estimate of drug-likeness (QED) is 0.746. The fourth-order valence-electron chi connectivity index (χ4n) is 1.57. The van der Waals surface area contributed by atoms with E-state index in [-0.39, 0.29) is 11.4 Å². The maximum absolute atomic E-state index is 11.9. The second-order valence-electron chi connectivity index (χ2n) is 5.54. The molecule has 1 aliphatic carbocycles. The monoisotopic (exact) mass is 260 g/mol. The van der Waals surface area contributed by atoms with Crippen LogP contribution in [0.15, 0.2) is 48.1 Å². The van der Waals surface area contributed by atoms with Crippen molar-refractivity contribution >= 4 is 5.91 Å². The SMILES string of the molecule is CC(C)(C)NCCCNC(=O)C1=C/C=C\C=C/C=C\1. The molecule has 2 N–H and O–H groups in total. The molecule has 0 radical (unpaired) electrons. The number of rotatable bonds is 5. The zero-order valence-corrected chi connectivity index (χ0v) is 12.1. The summed E-state index contributed by atoms with van der Waals surface area (Å²) in [5.41, 5.74) is 0.816. The molecular weight excluding hydrogens is 236 g/mol. The van der Waals surface area contributed by atoms with E-state index in [9.17, 15) is 4.79 Å². The molecule has 3 heteroatoms. The summed E-state index contributed by atoms with van der Waals surface area (Å²) in [5.74, 6) is -0.0213. The van der Waals surface area contributed by atoms with Crippen molar-refractivity contribution in [3.05, 3.63) is 48.1 Å². The molecule has 0 aromatic carbocycles. The van der Waals surface area contributed by atoms with Gasteiger partial charge in [0.05, 0.1) is 0 Å². The van der Waals surface area contributed by atoms with Crippen LogP contribution in [0.5, 0.6) is 0 Å². The Morgan fingerprint density at radius 1 is 1.05 bits per heavy atom. The second-order valence-corrected chi connectivity index (χ2v) is 5.54. The lowest BCUT2D eigenvalue weighted by molar-refractivity contribution is -0.117. The first-order chi connectivity index (χ1) is 8.99. The van der Waals surface area contributed by atoms with Crippen LogP contribution in [-0.4, -0.2) is 24.5 Å². The fraction of sp³-hybridized carbons (Fsp3) is 0.438. The summed E-state index contributed by atoms with van der Waals surface area (Å²) in [6.45, 7) is 7.99. The first-order valence-electron chi connectivity index (χ1n) is 6.74. The fourth-order valence-corrected chi connectivity index (χ4v) is 1.57. The Balaban J connectivity index is 2.28. The van der Waals surface area contributed by atoms with Crippen LogP contribution in [0.3, 0.4) is 0 Å². The summed E-state index contributed by atoms with van der Waals surface area (Å²) >= 11 is 0. The van der Waals surface area contributed by atoms with Crippen molar-refractivity contribution in [1.82, 2.24) is 10.6 Å². The topological polar surface area (TPSA) is 41.1 Å². The Morgan fingerprint density at radius 3 is 2.47 bits per heavy atom. The van der Waals surface area contributed by atoms with Crippen molar-refractivity contribution < 1.29 is 4.79 Å². The van der Waals surface area contributed by atoms with Gasteiger partial charge >= 0.3 is 0 Å². The average molecular weight is 260 g/mol. The van der Waals surface area contributed by atoms with E-state index >= 15 is 0 Å². The highest BCUT2D eigenvalue weighted by atomic mass is 16.1. The number of carbonyl (C=O) groups excluding carboxylic acids is 1. The maximum Gasteiger partial charge on any atom is 0.251 e. The maximum atomic E-state index is 11.9. The predicted octanol–water partition coefficient (Wildman–Crippen LogP) is 2.49. The molecule has 0 aromatic rings. The van der Waals surface area contributed by atoms with Gasteiger partial charge in [0.2, 0.25) is 0 Å². The Morgan fingerprint density at radius 2 is 1.74 bits per heavy atom. The van der Waals surface area contributed by atoms with Gasteiger partial charge in [-0.25, -0.2) is 0 Å². The van der Waals surface area contributed by atoms with E-state index in [4.69, 9.17) is 0 Å². The molecule has 1 rings (SSSR count). The van der Waals surface area contributed by atoms with E-state index in [1.807, 2.05) is 42.5 Å². The van der Waals surface area contributed by atoms with Crippen molar-refractivity contribution in [2.45, 2.75) is 32.7 Å². The molecule has 1 aliphatic rings. The Kier molecular flexibility index (Phi) is 6.30. The lowest BCUT2D eigenvalue weighted by Gasteiger charge is -2.20. The van der Waals surface area contributed by atoms with Crippen LogP contribution in [-0.2, 0) is 4.79 Å². The van der Waals surface area contributed by atoms with Gasteiger partial charge in [-0.15, -0.1) is 0 Å². The van der Waals surface area contributed by atoms with Gasteiger partial charge < -0.3 is 10.6 Å². The number of amides is 1. The third-order valence-electron chi connectivity index (χ3n) is 2.55. The van der Waals surface area contributed by atoms with Crippen molar-refractivity contribution in [2.75, 3.05) is 13.1 Å². The number of hydrogen-bond donors (Lipinski definition) is 2. The smallest absolute Gasteiger partial charge is 0.251 e. The molecule has 0 saturated heterocycles. The first kappa shape index (κ1) is 15.4. The summed E-state index contributed by atoms with van der Waals surface area (Å²) < 4.78 is 0. The summed E-state index contributed by atoms with van der Waals surface area (Å²) in [5, 5.41) is 6.32. The number of carbonyl (C=O) groups is 1. The van der Waals surface area contributed by atoms with E-state index in [1.54, 1.807) is 0 Å². The standard InChI is InChI=1S/C16H24N2O/c1-16(2,3)18-13-9-12-17-15(19)14-10-7-5-4-6-8-11-14/h4-8,10-11,18H,9,12-13H2,1-3H3,(H,17,19)/b5-4-,6-4?,7-5?,8-6-,10-7-,11-8?,14-10?,14-11+. The summed E-state index contributed by atoms with van der Waals surface area (Å²) in [6, 6.07) is 0. The molecular formula is C16H24N2O. The van der Waals surface area contributed by atoms with Crippen molar-refractivity contribution in [2.24, 2.45) is 0 Å². The van der Waals surface area contributed by atoms with E-state index in [0.717, 1.165) is 13.0 Å². The van der Waals surface area contributed by atoms with Crippen LogP contribution in [0.4, 0.5) is 0 Å². The molecule has 0 atom stereocenters. The molecule has 0 fully saturated rings. The number of nitrogens with one attached hydrogen (secondary N) is 2. The average Bonchev–Trinajstić information content (AvgIpc) is 2.26. The highest BCUT2D eigenvalue weighted by molar-refractivity contribution is 5.96. The molecule has 0 unspecified atom stereocenters. The van der Waals surface area contributed by atoms with Gasteiger partial charge in [0.1, 0.15) is 0 Å². The van der Waals surface area contributed by atoms with Crippen LogP contribution in [0.1, 0.15) is 27.2 Å². The molecule has 3 nitrogen and oxygen atoms in total. The molecule has 0 aromatic heterocycles. The van der Waals surface area contributed by atoms with Crippen LogP contribution < -0.4 is 10.6 Å². The van der Waals surface area contributed by atoms with Crippen LogP contribution >= 0.6 is 0 Å². The van der Waals surface area contributed by atoms with E-state index in [2.05, 4.69) is 31.4 Å². The van der Waals surface area contributed by atoms with Gasteiger partial charge in [0.25, 0.3) is 5.91 Å². The third-order valence-corrected chi connectivity index (χ3v) is 2.55. The van der Waals surface area contributed by atoms with Gasteiger partial charge in [0.15, 0.2) is 0 Å². The lowest BCUT2D eigenvalue weighted by Crippen LogP contribution is -2.37. The van der Waals surface area contributed by atoms with Gasteiger partial charge in [-0.1, -0.05) is 30.4 Å². The zero-order chi connectivity index (χ0) is 14.1. The van der Waals surface area contributed by atoms with E-state index in [1.165, 1.54) is 0 Å². The Bertz CT molecular complexity index is 409. The third kappa shape index (κ3) is 7.42. The van der Waals surface area contributed by atoms with Crippen molar-refractivity contribution in [1.29, 1.82) is 0 Å². The normalized spacial score (nSPS) is 22.6. The van der Waals surface area contributed by atoms with Crippen LogP contribution in [0, 0.1) is 0 Å². The molecule has 19 heavy (non-hydrogen) atoms. The zero-order valence-electron chi connectivity index (χ0n) is 12.1. The minimum atomic E-state index is -0.0213. The summed E-state index contributed by atoms with van der Waals surface area (Å²) in [7, 11) is 0. The largest absolute Gasteiger partial charge is 0.352 e. The Labute approximate surface area is 116 Å². The van der Waals surface area contributed by atoms with Gasteiger partial charge in [0, 0.05) is 17.7 Å². The van der Waals surface area contributed by atoms with Gasteiger partial charge in [-0.2, -0.15) is 0 Å². The molecule has 0 bridgehead atoms. The predicted molar refractivity (Wildman–Crippen MR) is 80.9 cm³/mol. The van der Waals surface area contributed by atoms with Crippen molar-refractivity contribution in [3.63, 3.8) is 0 Å². The van der Waals surface area contributed by atoms with Gasteiger partial charge in [-0.3, -0.25) is 4.79 Å². The van der Waals surface area contributed by atoms with E-state index in [0.29, 0.717) is 12.1 Å².